The fourth-order valence-electron chi connectivity index (χ4n) is 3.27. The van der Waals surface area contributed by atoms with E-state index < -0.39 is 0 Å². The summed E-state index contributed by atoms with van der Waals surface area (Å²) in [7, 11) is 1.68. The molecule has 3 unspecified atom stereocenters. The van der Waals surface area contributed by atoms with Crippen LogP contribution >= 0.6 is 24.0 Å². The topological polar surface area (TPSA) is 59.6 Å². The molecule has 1 aromatic rings. The highest BCUT2D eigenvalue weighted by Gasteiger charge is 2.54. The Morgan fingerprint density at radius 1 is 1.45 bits per heavy atom. The van der Waals surface area contributed by atoms with Crippen molar-refractivity contribution in [2.24, 2.45) is 22.6 Å². The van der Waals surface area contributed by atoms with E-state index in [1.165, 1.54) is 12.0 Å². The van der Waals surface area contributed by atoms with Crippen LogP contribution in [-0.2, 0) is 11.2 Å². The van der Waals surface area contributed by atoms with Gasteiger partial charge in [-0.2, -0.15) is 0 Å². The molecule has 2 aliphatic carbocycles. The molecule has 3 atom stereocenters. The summed E-state index contributed by atoms with van der Waals surface area (Å²) in [6.07, 6.45) is 1.22. The van der Waals surface area contributed by atoms with Gasteiger partial charge in [-0.3, -0.25) is 4.99 Å². The number of methoxy groups -OCH3 is 1. The highest BCUT2D eigenvalue weighted by molar-refractivity contribution is 14.0. The number of ether oxygens (including phenoxy) is 1. The van der Waals surface area contributed by atoms with Crippen LogP contribution in [0.4, 0.5) is 0 Å². The monoisotopic (exact) mass is 387 g/mol. The molecule has 5 heteroatoms. The van der Waals surface area contributed by atoms with Crippen molar-refractivity contribution in [3.05, 3.63) is 35.4 Å². The normalized spacial score (nSPS) is 26.4. The van der Waals surface area contributed by atoms with Crippen LogP contribution in [0.25, 0.3) is 0 Å². The number of hydrogen-bond donors (Lipinski definition) is 2. The fourth-order valence-corrected chi connectivity index (χ4v) is 3.27. The first-order valence-corrected chi connectivity index (χ1v) is 6.92. The number of fused-ring (bicyclic) bond motifs is 3. The quantitative estimate of drug-likeness (QED) is 0.350. The molecular formula is C15H22IN3O. The Morgan fingerprint density at radius 3 is 3.05 bits per heavy atom. The molecule has 110 valence electrons. The second-order valence-corrected chi connectivity index (χ2v) is 5.40. The number of hydrogen-bond acceptors (Lipinski definition) is 2. The van der Waals surface area contributed by atoms with E-state index in [0.29, 0.717) is 25.0 Å². The number of guanidine groups is 1. The molecule has 1 fully saturated rings. The third-order valence-electron chi connectivity index (χ3n) is 4.29. The lowest BCUT2D eigenvalue weighted by molar-refractivity contribution is 0.204. The first-order valence-electron chi connectivity index (χ1n) is 6.92. The van der Waals surface area contributed by atoms with Gasteiger partial charge < -0.3 is 15.8 Å². The zero-order valence-electron chi connectivity index (χ0n) is 11.7. The Hall–Kier alpha value is -0.820. The Balaban J connectivity index is 0.00000147. The van der Waals surface area contributed by atoms with Crippen molar-refractivity contribution < 1.29 is 4.74 Å². The van der Waals surface area contributed by atoms with Gasteiger partial charge in [0.1, 0.15) is 0 Å². The first-order chi connectivity index (χ1) is 9.31. The Kier molecular flexibility index (Phi) is 5.26. The predicted octanol–water partition coefficient (Wildman–Crippen LogP) is 1.74. The SMILES string of the molecule is COCCNC(N)=NCC1C2Cc3ccccc3C12.I. The number of nitrogens with two attached hydrogens (primary N) is 1. The summed E-state index contributed by atoms with van der Waals surface area (Å²) in [5.41, 5.74) is 8.89. The van der Waals surface area contributed by atoms with Gasteiger partial charge in [-0.05, 0) is 35.3 Å². The van der Waals surface area contributed by atoms with E-state index in [9.17, 15) is 0 Å². The van der Waals surface area contributed by atoms with E-state index >= 15 is 0 Å². The van der Waals surface area contributed by atoms with Crippen molar-refractivity contribution in [2.75, 3.05) is 26.8 Å². The molecule has 3 N–H and O–H groups in total. The number of nitrogens with zero attached hydrogens (tertiary/aromatic N) is 1. The van der Waals surface area contributed by atoms with Crippen molar-refractivity contribution in [2.45, 2.75) is 12.3 Å². The average Bonchev–Trinajstić information content (AvgIpc) is 2.96. The summed E-state index contributed by atoms with van der Waals surface area (Å²) in [6.45, 7) is 2.21. The van der Waals surface area contributed by atoms with Crippen LogP contribution in [-0.4, -0.2) is 32.8 Å². The van der Waals surface area contributed by atoms with Crippen LogP contribution in [0.2, 0.25) is 0 Å². The lowest BCUT2D eigenvalue weighted by Crippen LogP contribution is -2.34. The highest BCUT2D eigenvalue weighted by atomic mass is 127. The lowest BCUT2D eigenvalue weighted by atomic mass is 10.0. The lowest BCUT2D eigenvalue weighted by Gasteiger charge is -2.07. The maximum atomic E-state index is 5.82. The zero-order chi connectivity index (χ0) is 13.2. The molecule has 0 bridgehead atoms. The van der Waals surface area contributed by atoms with Crippen LogP contribution in [0.3, 0.4) is 0 Å². The molecule has 4 nitrogen and oxygen atoms in total. The van der Waals surface area contributed by atoms with E-state index in [2.05, 4.69) is 34.6 Å². The summed E-state index contributed by atoms with van der Waals surface area (Å²) in [6, 6.07) is 8.79. The van der Waals surface area contributed by atoms with Gasteiger partial charge in [0.2, 0.25) is 0 Å². The second kappa shape index (κ2) is 6.76. The molecule has 1 saturated carbocycles. The van der Waals surface area contributed by atoms with Gasteiger partial charge >= 0.3 is 0 Å². The van der Waals surface area contributed by atoms with Gasteiger partial charge in [0.15, 0.2) is 5.96 Å². The highest BCUT2D eigenvalue weighted by Crippen LogP contribution is 2.61. The van der Waals surface area contributed by atoms with Gasteiger partial charge in [-0.15, -0.1) is 24.0 Å². The molecule has 20 heavy (non-hydrogen) atoms. The van der Waals surface area contributed by atoms with Gasteiger partial charge in [0, 0.05) is 20.2 Å². The van der Waals surface area contributed by atoms with Crippen LogP contribution in [0.5, 0.6) is 0 Å². The van der Waals surface area contributed by atoms with Gasteiger partial charge in [0.05, 0.1) is 6.61 Å². The molecule has 0 aliphatic heterocycles. The number of nitrogens with one attached hydrogen (secondary N) is 1. The minimum absolute atomic E-state index is 0. The Morgan fingerprint density at radius 2 is 2.25 bits per heavy atom. The summed E-state index contributed by atoms with van der Waals surface area (Å²) in [4.78, 5) is 4.44. The van der Waals surface area contributed by atoms with Gasteiger partial charge in [0.25, 0.3) is 0 Å². The fraction of sp³-hybridized carbons (Fsp3) is 0.533. The third kappa shape index (κ3) is 3.09. The summed E-state index contributed by atoms with van der Waals surface area (Å²) < 4.78 is 4.96. The first kappa shape index (κ1) is 15.6. The third-order valence-corrected chi connectivity index (χ3v) is 4.29. The maximum Gasteiger partial charge on any atom is 0.188 e. The number of benzene rings is 1. The van der Waals surface area contributed by atoms with Gasteiger partial charge in [-0.1, -0.05) is 24.3 Å². The van der Waals surface area contributed by atoms with E-state index in [1.54, 1.807) is 12.7 Å². The minimum atomic E-state index is 0. The molecule has 0 aromatic heterocycles. The van der Waals surface area contributed by atoms with E-state index in [-0.39, 0.29) is 24.0 Å². The molecule has 0 amide bonds. The van der Waals surface area contributed by atoms with Gasteiger partial charge in [-0.25, -0.2) is 0 Å². The van der Waals surface area contributed by atoms with Crippen LogP contribution < -0.4 is 11.1 Å². The molecule has 0 spiro atoms. The van der Waals surface area contributed by atoms with Crippen molar-refractivity contribution in [3.63, 3.8) is 0 Å². The van der Waals surface area contributed by atoms with Crippen molar-refractivity contribution in [1.29, 1.82) is 0 Å². The summed E-state index contributed by atoms with van der Waals surface area (Å²) >= 11 is 0. The van der Waals surface area contributed by atoms with Crippen molar-refractivity contribution in [3.8, 4) is 0 Å². The number of halogens is 1. The molecule has 3 rings (SSSR count). The molecule has 0 radical (unpaired) electrons. The van der Waals surface area contributed by atoms with Crippen molar-refractivity contribution >= 4 is 29.9 Å². The van der Waals surface area contributed by atoms with E-state index in [0.717, 1.165) is 18.4 Å². The standard InChI is InChI=1S/C15H21N3O.HI/c1-19-7-6-17-15(16)18-9-13-12-8-10-4-2-3-5-11(10)14(12)13;/h2-5,12-14H,6-9H2,1H3,(H3,16,17,18);1H. The predicted molar refractivity (Wildman–Crippen MR) is 91.7 cm³/mol. The molecule has 1 aromatic carbocycles. The number of rotatable bonds is 5. The van der Waals surface area contributed by atoms with E-state index in [4.69, 9.17) is 10.5 Å². The molecule has 2 aliphatic rings. The minimum Gasteiger partial charge on any atom is -0.383 e. The maximum absolute atomic E-state index is 5.82. The average molecular weight is 387 g/mol. The van der Waals surface area contributed by atoms with Crippen LogP contribution in [0.15, 0.2) is 29.3 Å². The Bertz CT molecular complexity index is 492. The largest absolute Gasteiger partial charge is 0.383 e. The smallest absolute Gasteiger partial charge is 0.188 e. The van der Waals surface area contributed by atoms with E-state index in [1.807, 2.05) is 0 Å². The Labute approximate surface area is 137 Å². The second-order valence-electron chi connectivity index (χ2n) is 5.40. The zero-order valence-corrected chi connectivity index (χ0v) is 14.0. The van der Waals surface area contributed by atoms with Crippen molar-refractivity contribution in [1.82, 2.24) is 5.32 Å². The molecule has 0 saturated heterocycles. The number of aliphatic imine (C=N–C) groups is 1. The summed E-state index contributed by atoms with van der Waals surface area (Å²) in [5.74, 6) is 2.76. The molecule has 0 heterocycles. The molecular weight excluding hydrogens is 365 g/mol. The van der Waals surface area contributed by atoms with Crippen LogP contribution in [0, 0.1) is 11.8 Å². The van der Waals surface area contributed by atoms with Crippen LogP contribution in [0.1, 0.15) is 17.0 Å². The summed E-state index contributed by atoms with van der Waals surface area (Å²) in [5, 5.41) is 3.05.